The number of aryl methyl sites for hydroxylation is 2. The fraction of sp³-hybridized carbons (Fsp3) is 0.185. The summed E-state index contributed by atoms with van der Waals surface area (Å²) in [5.74, 6) is -1.28. The number of rotatable bonds is 10. The fourth-order valence-corrected chi connectivity index (χ4v) is 3.27. The first-order valence-corrected chi connectivity index (χ1v) is 10.2. The number of allylic oxidation sites excluding steroid dienone is 2. The maximum Gasteiger partial charge on any atom is 0.165 e. The van der Waals surface area contributed by atoms with Crippen LogP contribution in [0.25, 0.3) is 11.1 Å². The van der Waals surface area contributed by atoms with Gasteiger partial charge in [0.2, 0.25) is 0 Å². The lowest BCUT2D eigenvalue weighted by Crippen LogP contribution is -2.01. The van der Waals surface area contributed by atoms with E-state index in [0.717, 1.165) is 12.0 Å². The Morgan fingerprint density at radius 2 is 1.29 bits per heavy atom. The maximum atomic E-state index is 14.6. The molecule has 0 unspecified atom stereocenters. The molecule has 0 spiro atoms. The van der Waals surface area contributed by atoms with Gasteiger partial charge in [0.25, 0.3) is 0 Å². The van der Waals surface area contributed by atoms with Gasteiger partial charge >= 0.3 is 0 Å². The van der Waals surface area contributed by atoms with Crippen LogP contribution < -0.4 is 4.74 Å². The second kappa shape index (κ2) is 10.7. The third kappa shape index (κ3) is 5.88. The molecule has 1 nitrogen and oxygen atoms in total. The van der Waals surface area contributed by atoms with Crippen molar-refractivity contribution in [2.45, 2.75) is 32.3 Å². The highest BCUT2D eigenvalue weighted by molar-refractivity contribution is 5.65. The van der Waals surface area contributed by atoms with Crippen molar-refractivity contribution in [2.75, 3.05) is 0 Å². The molecule has 3 rings (SSSR count). The van der Waals surface area contributed by atoms with E-state index in [2.05, 4.69) is 13.2 Å². The van der Waals surface area contributed by atoms with Crippen molar-refractivity contribution in [1.29, 1.82) is 0 Å². The maximum absolute atomic E-state index is 14.6. The highest BCUT2D eigenvalue weighted by Crippen LogP contribution is 2.28. The Morgan fingerprint density at radius 1 is 0.677 bits per heavy atom. The van der Waals surface area contributed by atoms with Gasteiger partial charge in [-0.25, -0.2) is 13.2 Å². The van der Waals surface area contributed by atoms with Gasteiger partial charge in [0.05, 0.1) is 0 Å². The molecule has 0 fully saturated rings. The molecule has 0 atom stereocenters. The van der Waals surface area contributed by atoms with Gasteiger partial charge in [-0.2, -0.15) is 0 Å². The summed E-state index contributed by atoms with van der Waals surface area (Å²) in [4.78, 5) is 0. The molecule has 0 amide bonds. The molecule has 0 saturated carbocycles. The molecule has 0 aliphatic heterocycles. The second-order valence-corrected chi connectivity index (χ2v) is 7.32. The Bertz CT molecular complexity index is 1070. The number of halogens is 3. The molecule has 3 aromatic rings. The average molecular weight is 422 g/mol. The third-order valence-electron chi connectivity index (χ3n) is 5.07. The molecule has 0 aliphatic rings. The Morgan fingerprint density at radius 3 is 1.94 bits per heavy atom. The molecule has 0 aromatic heterocycles. The minimum absolute atomic E-state index is 0.0157. The van der Waals surface area contributed by atoms with Crippen LogP contribution in [0.3, 0.4) is 0 Å². The first-order chi connectivity index (χ1) is 15.0. The smallest absolute Gasteiger partial charge is 0.165 e. The van der Waals surface area contributed by atoms with E-state index in [1.165, 1.54) is 24.3 Å². The van der Waals surface area contributed by atoms with Crippen LogP contribution in [-0.2, 0) is 19.4 Å². The van der Waals surface area contributed by atoms with Crippen molar-refractivity contribution < 1.29 is 17.9 Å². The van der Waals surface area contributed by atoms with E-state index in [4.69, 9.17) is 4.74 Å². The molecular formula is C27H25F3O. The number of benzene rings is 3. The van der Waals surface area contributed by atoms with Gasteiger partial charge < -0.3 is 4.74 Å². The van der Waals surface area contributed by atoms with Gasteiger partial charge in [0.15, 0.2) is 11.6 Å². The number of hydrogen-bond acceptors (Lipinski definition) is 1. The lowest BCUT2D eigenvalue weighted by molar-refractivity contribution is 0.285. The fourth-order valence-electron chi connectivity index (χ4n) is 3.27. The van der Waals surface area contributed by atoms with Crippen LogP contribution in [0.4, 0.5) is 13.2 Å². The van der Waals surface area contributed by atoms with Crippen LogP contribution in [0.5, 0.6) is 5.75 Å². The summed E-state index contributed by atoms with van der Waals surface area (Å²) < 4.78 is 48.6. The number of ether oxygens (including phenoxy) is 1. The molecular weight excluding hydrogens is 397 g/mol. The summed E-state index contributed by atoms with van der Waals surface area (Å²) in [5.41, 5.74) is 2.94. The standard InChI is InChI=1S/C27H25F3O/c1-3-5-7-19-9-10-23(24(28)15-19)18-31-27-14-13-22(17-26(27)30)21-12-11-20(8-6-4-2)25(29)16-21/h3-4,9-17H,1-2,5-8,18H2. The van der Waals surface area contributed by atoms with E-state index in [1.54, 1.807) is 36.4 Å². The molecule has 3 aromatic carbocycles. The Hall–Kier alpha value is -3.27. The van der Waals surface area contributed by atoms with Gasteiger partial charge in [-0.15, -0.1) is 13.2 Å². The van der Waals surface area contributed by atoms with Crippen LogP contribution in [-0.4, -0.2) is 0 Å². The SMILES string of the molecule is C=CCCc1ccc(COc2ccc(-c3ccc(CCC=C)c(F)c3)cc2F)c(F)c1. The average Bonchev–Trinajstić information content (AvgIpc) is 2.77. The first-order valence-electron chi connectivity index (χ1n) is 10.2. The Balaban J connectivity index is 1.69. The van der Waals surface area contributed by atoms with Crippen LogP contribution in [0.2, 0.25) is 0 Å². The minimum Gasteiger partial charge on any atom is -0.486 e. The van der Waals surface area contributed by atoms with Crippen LogP contribution in [0.15, 0.2) is 79.9 Å². The van der Waals surface area contributed by atoms with E-state index in [9.17, 15) is 13.2 Å². The van der Waals surface area contributed by atoms with E-state index < -0.39 is 5.82 Å². The molecule has 0 heterocycles. The van der Waals surface area contributed by atoms with Gasteiger partial charge in [0, 0.05) is 5.56 Å². The molecule has 0 N–H and O–H groups in total. The molecule has 0 aliphatic carbocycles. The molecule has 0 radical (unpaired) electrons. The lowest BCUT2D eigenvalue weighted by Gasteiger charge is -2.11. The molecule has 0 bridgehead atoms. The van der Waals surface area contributed by atoms with Crippen molar-refractivity contribution in [3.05, 3.63) is 114 Å². The van der Waals surface area contributed by atoms with Crippen LogP contribution >= 0.6 is 0 Å². The van der Waals surface area contributed by atoms with E-state index in [-0.39, 0.29) is 24.0 Å². The van der Waals surface area contributed by atoms with Crippen LogP contribution in [0.1, 0.15) is 29.5 Å². The zero-order valence-corrected chi connectivity index (χ0v) is 17.3. The molecule has 4 heteroatoms. The second-order valence-electron chi connectivity index (χ2n) is 7.32. The van der Waals surface area contributed by atoms with Gasteiger partial charge in [-0.3, -0.25) is 0 Å². The van der Waals surface area contributed by atoms with Crippen molar-refractivity contribution in [1.82, 2.24) is 0 Å². The predicted octanol–water partition coefficient (Wildman–Crippen LogP) is 7.59. The quantitative estimate of drug-likeness (QED) is 0.306. The summed E-state index contributed by atoms with van der Waals surface area (Å²) in [6.07, 6.45) is 6.27. The van der Waals surface area contributed by atoms with Crippen molar-refractivity contribution in [3.63, 3.8) is 0 Å². The van der Waals surface area contributed by atoms with E-state index >= 15 is 0 Å². The Labute approximate surface area is 181 Å². The van der Waals surface area contributed by atoms with Crippen molar-refractivity contribution >= 4 is 0 Å². The minimum atomic E-state index is -0.586. The van der Waals surface area contributed by atoms with Crippen LogP contribution in [0, 0.1) is 17.5 Å². The third-order valence-corrected chi connectivity index (χ3v) is 5.07. The van der Waals surface area contributed by atoms with Crippen molar-refractivity contribution in [2.24, 2.45) is 0 Å². The largest absolute Gasteiger partial charge is 0.486 e. The summed E-state index contributed by atoms with van der Waals surface area (Å²) in [5, 5.41) is 0. The lowest BCUT2D eigenvalue weighted by atomic mass is 10.0. The zero-order chi connectivity index (χ0) is 22.2. The summed E-state index contributed by atoms with van der Waals surface area (Å²) in [6.45, 7) is 7.22. The summed E-state index contributed by atoms with van der Waals surface area (Å²) >= 11 is 0. The normalized spacial score (nSPS) is 10.7. The van der Waals surface area contributed by atoms with Gasteiger partial charge in [0.1, 0.15) is 18.2 Å². The van der Waals surface area contributed by atoms with Crippen molar-refractivity contribution in [3.8, 4) is 16.9 Å². The summed E-state index contributed by atoms with van der Waals surface area (Å²) in [7, 11) is 0. The monoisotopic (exact) mass is 422 g/mol. The van der Waals surface area contributed by atoms with E-state index in [1.807, 2.05) is 6.07 Å². The number of hydrogen-bond donors (Lipinski definition) is 0. The molecule has 160 valence electrons. The highest BCUT2D eigenvalue weighted by Gasteiger charge is 2.11. The highest BCUT2D eigenvalue weighted by atomic mass is 19.1. The first kappa shape index (κ1) is 22.4. The Kier molecular flexibility index (Phi) is 7.71. The topological polar surface area (TPSA) is 9.23 Å². The summed E-state index contributed by atoms with van der Waals surface area (Å²) in [6, 6.07) is 14.2. The predicted molar refractivity (Wildman–Crippen MR) is 120 cm³/mol. The zero-order valence-electron chi connectivity index (χ0n) is 17.3. The van der Waals surface area contributed by atoms with Gasteiger partial charge in [-0.1, -0.05) is 42.5 Å². The van der Waals surface area contributed by atoms with Gasteiger partial charge in [-0.05, 0) is 72.2 Å². The van der Waals surface area contributed by atoms with E-state index in [0.29, 0.717) is 41.5 Å². The molecule has 0 saturated heterocycles. The molecule has 31 heavy (non-hydrogen) atoms.